The van der Waals surface area contributed by atoms with Crippen molar-refractivity contribution < 1.29 is 19.1 Å². The van der Waals surface area contributed by atoms with Crippen LogP contribution in [-0.2, 0) is 19.1 Å². The Morgan fingerprint density at radius 2 is 1.83 bits per heavy atom. The van der Waals surface area contributed by atoms with Crippen molar-refractivity contribution in [3.63, 3.8) is 0 Å². The second-order valence-corrected chi connectivity index (χ2v) is 10.3. The minimum Gasteiger partial charge on any atom is -0.451 e. The summed E-state index contributed by atoms with van der Waals surface area (Å²) < 4.78 is 5.84. The van der Waals surface area contributed by atoms with Crippen LogP contribution in [-0.4, -0.2) is 29.5 Å². The van der Waals surface area contributed by atoms with Crippen molar-refractivity contribution in [2.45, 2.75) is 84.7 Å². The molecule has 1 amide bonds. The second kappa shape index (κ2) is 7.31. The number of amides is 1. The van der Waals surface area contributed by atoms with Gasteiger partial charge in [-0.25, -0.2) is 5.43 Å². The number of hydrazone groups is 1. The van der Waals surface area contributed by atoms with Gasteiger partial charge in [-0.05, 0) is 87.5 Å². The van der Waals surface area contributed by atoms with Crippen LogP contribution < -0.4 is 5.43 Å². The summed E-state index contributed by atoms with van der Waals surface area (Å²) in [7, 11) is 0. The third-order valence-electron chi connectivity index (χ3n) is 9.24. The quantitative estimate of drug-likeness (QED) is 0.429. The third kappa shape index (κ3) is 2.89. The third-order valence-corrected chi connectivity index (χ3v) is 9.24. The van der Waals surface area contributed by atoms with Gasteiger partial charge in [-0.1, -0.05) is 19.4 Å². The van der Waals surface area contributed by atoms with Crippen molar-refractivity contribution in [1.29, 1.82) is 0 Å². The molecule has 0 spiro atoms. The van der Waals surface area contributed by atoms with Gasteiger partial charge in [-0.3, -0.25) is 14.4 Å². The van der Waals surface area contributed by atoms with Crippen molar-refractivity contribution in [3.8, 4) is 0 Å². The molecular weight excluding hydrogens is 380 g/mol. The molecule has 3 saturated carbocycles. The molecule has 0 aromatic rings. The van der Waals surface area contributed by atoms with Crippen molar-refractivity contribution >= 4 is 23.9 Å². The van der Waals surface area contributed by atoms with E-state index in [1.807, 2.05) is 0 Å². The van der Waals surface area contributed by atoms with E-state index in [4.69, 9.17) is 4.74 Å². The van der Waals surface area contributed by atoms with Crippen LogP contribution in [0.1, 0.15) is 79.1 Å². The maximum absolute atomic E-state index is 12.8. The molecule has 1 N–H and O–H groups in total. The molecule has 4 aliphatic carbocycles. The number of hydrogen-bond donors (Lipinski definition) is 1. The van der Waals surface area contributed by atoms with Crippen LogP contribution in [0.4, 0.5) is 0 Å². The minimum absolute atomic E-state index is 0.00459. The van der Waals surface area contributed by atoms with Crippen LogP contribution >= 0.6 is 0 Å². The number of esters is 1. The molecular formula is C24H34N2O4. The lowest BCUT2D eigenvalue weighted by Gasteiger charge is -2.59. The molecule has 4 aliphatic rings. The number of allylic oxidation sites excluding steroid dienone is 2. The fourth-order valence-corrected chi connectivity index (χ4v) is 7.83. The van der Waals surface area contributed by atoms with Crippen molar-refractivity contribution in [2.75, 3.05) is 0 Å². The average molecular weight is 415 g/mol. The molecule has 164 valence electrons. The number of hydrogen-bond acceptors (Lipinski definition) is 5. The highest BCUT2D eigenvalue weighted by Crippen LogP contribution is 2.68. The molecule has 0 bridgehead atoms. The highest BCUT2D eigenvalue weighted by atomic mass is 16.6. The Kier molecular flexibility index (Phi) is 5.18. The minimum atomic E-state index is -0.960. The summed E-state index contributed by atoms with van der Waals surface area (Å²) in [6, 6.07) is 0. The summed E-state index contributed by atoms with van der Waals surface area (Å²) in [5.74, 6) is 1.19. The number of ether oxygens (including phenoxy) is 1. The van der Waals surface area contributed by atoms with Crippen LogP contribution in [0.2, 0.25) is 0 Å². The smallest absolute Gasteiger partial charge is 0.303 e. The SMILES string of the molecule is CC(=O)O[C@]1(C(C)=O)CC[C@H]2[C@@H]3CCC4=CC(=NNC=O)CC[C@]4(C)[C@H]3CC[C@@]21C. The van der Waals surface area contributed by atoms with Crippen LogP contribution in [0.25, 0.3) is 0 Å². The van der Waals surface area contributed by atoms with Crippen molar-refractivity contribution in [1.82, 2.24) is 5.43 Å². The number of nitrogens with zero attached hydrogens (tertiary/aromatic N) is 1. The first-order valence-electron chi connectivity index (χ1n) is 11.4. The number of carbonyl (C=O) groups excluding carboxylic acids is 3. The van der Waals surface area contributed by atoms with E-state index in [0.29, 0.717) is 30.6 Å². The molecule has 0 aromatic heterocycles. The maximum Gasteiger partial charge on any atom is 0.303 e. The second-order valence-electron chi connectivity index (χ2n) is 10.3. The molecule has 0 saturated heterocycles. The Morgan fingerprint density at radius 1 is 1.10 bits per heavy atom. The first-order valence-corrected chi connectivity index (χ1v) is 11.4. The number of fused-ring (bicyclic) bond motifs is 5. The van der Waals surface area contributed by atoms with E-state index < -0.39 is 5.60 Å². The van der Waals surface area contributed by atoms with Gasteiger partial charge in [0, 0.05) is 12.3 Å². The molecule has 6 heteroatoms. The Bertz CT molecular complexity index is 833. The van der Waals surface area contributed by atoms with Crippen LogP contribution in [0.3, 0.4) is 0 Å². The van der Waals surface area contributed by atoms with Gasteiger partial charge in [0.05, 0.1) is 5.71 Å². The van der Waals surface area contributed by atoms with Gasteiger partial charge in [0.2, 0.25) is 6.41 Å². The van der Waals surface area contributed by atoms with Crippen LogP contribution in [0.5, 0.6) is 0 Å². The van der Waals surface area contributed by atoms with Crippen molar-refractivity contribution in [3.05, 3.63) is 11.6 Å². The lowest BCUT2D eigenvalue weighted by molar-refractivity contribution is -0.187. The molecule has 0 heterocycles. The zero-order valence-electron chi connectivity index (χ0n) is 18.6. The van der Waals surface area contributed by atoms with E-state index in [-0.39, 0.29) is 22.6 Å². The Balaban J connectivity index is 1.65. The Morgan fingerprint density at radius 3 is 2.50 bits per heavy atom. The largest absolute Gasteiger partial charge is 0.451 e. The first kappa shape index (κ1) is 21.3. The van der Waals surface area contributed by atoms with Gasteiger partial charge in [-0.2, -0.15) is 5.10 Å². The van der Waals surface area contributed by atoms with E-state index in [2.05, 4.69) is 30.5 Å². The predicted molar refractivity (Wildman–Crippen MR) is 114 cm³/mol. The van der Waals surface area contributed by atoms with Crippen LogP contribution in [0.15, 0.2) is 16.8 Å². The van der Waals surface area contributed by atoms with Gasteiger partial charge in [0.1, 0.15) is 0 Å². The van der Waals surface area contributed by atoms with Crippen LogP contribution in [0, 0.1) is 28.6 Å². The fourth-order valence-electron chi connectivity index (χ4n) is 7.83. The Labute approximate surface area is 178 Å². The van der Waals surface area contributed by atoms with Gasteiger partial charge in [-0.15, -0.1) is 0 Å². The summed E-state index contributed by atoms with van der Waals surface area (Å²) in [6.45, 7) is 7.63. The van der Waals surface area contributed by atoms with E-state index in [9.17, 15) is 14.4 Å². The molecule has 6 atom stereocenters. The molecule has 30 heavy (non-hydrogen) atoms. The zero-order valence-corrected chi connectivity index (χ0v) is 18.6. The zero-order chi connectivity index (χ0) is 21.7. The highest BCUT2D eigenvalue weighted by molar-refractivity contribution is 5.97. The Hall–Kier alpha value is -1.98. The molecule has 3 fully saturated rings. The predicted octanol–water partition coefficient (Wildman–Crippen LogP) is 3.94. The summed E-state index contributed by atoms with van der Waals surface area (Å²) >= 11 is 0. The van der Waals surface area contributed by atoms with Gasteiger partial charge in [0.15, 0.2) is 11.4 Å². The molecule has 6 nitrogen and oxygen atoms in total. The molecule has 0 aliphatic heterocycles. The summed E-state index contributed by atoms with van der Waals surface area (Å²) in [5.41, 5.74) is 3.77. The van der Waals surface area contributed by atoms with E-state index in [1.54, 1.807) is 6.92 Å². The molecule has 0 radical (unpaired) electrons. The normalized spacial score (nSPS) is 43.7. The number of ketones is 1. The summed E-state index contributed by atoms with van der Waals surface area (Å²) in [4.78, 5) is 35.3. The number of nitrogens with one attached hydrogen (secondary N) is 1. The molecule has 0 aromatic carbocycles. The summed E-state index contributed by atoms with van der Waals surface area (Å²) in [6.07, 6.45) is 10.5. The van der Waals surface area contributed by atoms with Gasteiger partial charge in [0.25, 0.3) is 0 Å². The monoisotopic (exact) mass is 414 g/mol. The lowest BCUT2D eigenvalue weighted by Crippen LogP contribution is -2.58. The lowest BCUT2D eigenvalue weighted by atomic mass is 9.46. The van der Waals surface area contributed by atoms with E-state index >= 15 is 0 Å². The number of Topliss-reactive ketones (excluding diaryl/α,β-unsaturated/α-hetero) is 1. The summed E-state index contributed by atoms with van der Waals surface area (Å²) in [5, 5.41) is 4.19. The van der Waals surface area contributed by atoms with E-state index in [1.165, 1.54) is 12.5 Å². The topological polar surface area (TPSA) is 84.8 Å². The van der Waals surface area contributed by atoms with Gasteiger partial charge < -0.3 is 4.74 Å². The standard InChI is InChI=1S/C24H34N2O4/c1-15(28)24(30-16(2)29)12-9-21-19-6-5-17-13-18(26-25-14-27)7-10-22(17,3)20(19)8-11-23(21,24)4/h13-14,19-21H,5-12H2,1-4H3,(H,25,27)/t19-,20+,21+,22+,23+,24+/m1/s1. The number of rotatable bonds is 4. The highest BCUT2D eigenvalue weighted by Gasteiger charge is 2.67. The maximum atomic E-state index is 12.8. The fraction of sp³-hybridized carbons (Fsp3) is 0.750. The number of carbonyl (C=O) groups is 3. The molecule has 4 rings (SSSR count). The van der Waals surface area contributed by atoms with Crippen molar-refractivity contribution in [2.24, 2.45) is 33.7 Å². The average Bonchev–Trinajstić information content (AvgIpc) is 2.99. The van der Waals surface area contributed by atoms with E-state index in [0.717, 1.165) is 50.7 Å². The first-order chi connectivity index (χ1) is 14.2. The molecule has 0 unspecified atom stereocenters. The van der Waals surface area contributed by atoms with Gasteiger partial charge >= 0.3 is 5.97 Å².